The van der Waals surface area contributed by atoms with Crippen LogP contribution in [0.5, 0.6) is 0 Å². The molecule has 0 bridgehead atoms. The second-order valence-electron chi connectivity index (χ2n) is 3.97. The molecule has 2 N–H and O–H groups in total. The van der Waals surface area contributed by atoms with Gasteiger partial charge in [0, 0.05) is 12.6 Å². The highest BCUT2D eigenvalue weighted by atomic mass is 16.5. The number of carbonyl (C=O) groups is 1. The lowest BCUT2D eigenvalue weighted by atomic mass is 10.2. The zero-order valence-electron chi connectivity index (χ0n) is 10.1. The van der Waals surface area contributed by atoms with Gasteiger partial charge in [-0.05, 0) is 25.3 Å². The summed E-state index contributed by atoms with van der Waals surface area (Å²) in [5, 5.41) is 11.4. The Morgan fingerprint density at radius 3 is 2.76 bits per heavy atom. The van der Waals surface area contributed by atoms with Crippen LogP contribution >= 0.6 is 0 Å². The Morgan fingerprint density at radius 1 is 1.41 bits per heavy atom. The minimum absolute atomic E-state index is 0.0189. The van der Waals surface area contributed by atoms with Gasteiger partial charge in [-0.3, -0.25) is 0 Å². The van der Waals surface area contributed by atoms with Gasteiger partial charge in [0.2, 0.25) is 0 Å². The van der Waals surface area contributed by atoms with Crippen LogP contribution in [0.15, 0.2) is 30.3 Å². The Balaban J connectivity index is 2.21. The molecular weight excluding hydrogens is 218 g/mol. The summed E-state index contributed by atoms with van der Waals surface area (Å²) >= 11 is 0. The average molecular weight is 237 g/mol. The van der Waals surface area contributed by atoms with Gasteiger partial charge >= 0.3 is 6.09 Å². The Bertz CT molecular complexity index is 327. The number of benzene rings is 1. The van der Waals surface area contributed by atoms with E-state index in [2.05, 4.69) is 5.32 Å². The van der Waals surface area contributed by atoms with E-state index < -0.39 is 6.09 Å². The number of hydrogen-bond donors (Lipinski definition) is 2. The van der Waals surface area contributed by atoms with Crippen molar-refractivity contribution in [3.8, 4) is 0 Å². The molecule has 0 saturated heterocycles. The van der Waals surface area contributed by atoms with Gasteiger partial charge < -0.3 is 15.2 Å². The van der Waals surface area contributed by atoms with Crippen molar-refractivity contribution >= 4 is 6.09 Å². The third kappa shape index (κ3) is 5.92. The minimum atomic E-state index is -0.417. The van der Waals surface area contributed by atoms with Crippen molar-refractivity contribution in [1.29, 1.82) is 0 Å². The molecule has 0 aliphatic rings. The smallest absolute Gasteiger partial charge is 0.407 e. The molecule has 0 spiro atoms. The van der Waals surface area contributed by atoms with Crippen LogP contribution in [0.1, 0.15) is 25.3 Å². The summed E-state index contributed by atoms with van der Waals surface area (Å²) < 4.78 is 5.07. The highest BCUT2D eigenvalue weighted by molar-refractivity contribution is 5.67. The topological polar surface area (TPSA) is 58.6 Å². The van der Waals surface area contributed by atoms with E-state index >= 15 is 0 Å². The van der Waals surface area contributed by atoms with Gasteiger partial charge in [-0.2, -0.15) is 0 Å². The summed E-state index contributed by atoms with van der Waals surface area (Å²) in [6, 6.07) is 9.55. The maximum Gasteiger partial charge on any atom is 0.407 e. The van der Waals surface area contributed by atoms with E-state index in [1.54, 1.807) is 0 Å². The van der Waals surface area contributed by atoms with Crippen molar-refractivity contribution in [2.75, 3.05) is 6.61 Å². The first-order chi connectivity index (χ1) is 8.22. The second-order valence-corrected chi connectivity index (χ2v) is 3.97. The first-order valence-corrected chi connectivity index (χ1v) is 5.80. The number of aliphatic hydroxyl groups excluding tert-OH is 1. The third-order valence-electron chi connectivity index (χ3n) is 2.37. The number of hydrogen-bond acceptors (Lipinski definition) is 3. The van der Waals surface area contributed by atoms with E-state index in [9.17, 15) is 4.79 Å². The Kier molecular flexibility index (Phi) is 6.10. The molecule has 94 valence electrons. The predicted molar refractivity (Wildman–Crippen MR) is 65.5 cm³/mol. The molecule has 4 nitrogen and oxygen atoms in total. The SMILES string of the molecule is C[C@@H](CCCO)NC(=O)OCc1ccccc1. The largest absolute Gasteiger partial charge is 0.445 e. The quantitative estimate of drug-likeness (QED) is 0.796. The molecule has 0 heterocycles. The molecule has 4 heteroatoms. The number of alkyl carbamates (subject to hydrolysis) is 1. The number of nitrogens with one attached hydrogen (secondary N) is 1. The van der Waals surface area contributed by atoms with Crippen molar-refractivity contribution < 1.29 is 14.6 Å². The Morgan fingerprint density at radius 2 is 2.12 bits per heavy atom. The molecule has 1 amide bonds. The molecule has 0 fully saturated rings. The minimum Gasteiger partial charge on any atom is -0.445 e. The monoisotopic (exact) mass is 237 g/mol. The second kappa shape index (κ2) is 7.68. The number of rotatable bonds is 6. The summed E-state index contributed by atoms with van der Waals surface area (Å²) in [5.41, 5.74) is 0.964. The third-order valence-corrected chi connectivity index (χ3v) is 2.37. The zero-order chi connectivity index (χ0) is 12.5. The molecule has 0 aliphatic carbocycles. The van der Waals surface area contributed by atoms with Gasteiger partial charge in [0.25, 0.3) is 0 Å². The Hall–Kier alpha value is -1.55. The normalized spacial score (nSPS) is 11.9. The highest BCUT2D eigenvalue weighted by Gasteiger charge is 2.07. The van der Waals surface area contributed by atoms with Gasteiger partial charge in [-0.25, -0.2) is 4.79 Å². The summed E-state index contributed by atoms with van der Waals surface area (Å²) in [5.74, 6) is 0. The lowest BCUT2D eigenvalue weighted by molar-refractivity contribution is 0.135. The van der Waals surface area contributed by atoms with Gasteiger partial charge in [-0.15, -0.1) is 0 Å². The van der Waals surface area contributed by atoms with Gasteiger partial charge in [0.1, 0.15) is 6.61 Å². The Labute approximate surface area is 102 Å². The molecular formula is C13H19NO3. The van der Waals surface area contributed by atoms with Crippen molar-refractivity contribution in [3.63, 3.8) is 0 Å². The summed E-state index contributed by atoms with van der Waals surface area (Å²) in [6.45, 7) is 2.31. The predicted octanol–water partition coefficient (Wildman–Crippen LogP) is 2.07. The standard InChI is InChI=1S/C13H19NO3/c1-11(6-5-9-15)14-13(16)17-10-12-7-3-2-4-8-12/h2-4,7-8,11,15H,5-6,9-10H2,1H3,(H,14,16)/t11-/m0/s1. The molecule has 0 aliphatic heterocycles. The molecule has 1 rings (SSSR count). The molecule has 1 atom stereocenters. The molecule has 1 aromatic rings. The van der Waals surface area contributed by atoms with E-state index in [0.29, 0.717) is 6.42 Å². The van der Waals surface area contributed by atoms with Crippen molar-refractivity contribution in [2.45, 2.75) is 32.4 Å². The van der Waals surface area contributed by atoms with E-state index in [1.807, 2.05) is 37.3 Å². The van der Waals surface area contributed by atoms with Crippen LogP contribution in [-0.4, -0.2) is 23.8 Å². The van der Waals surface area contributed by atoms with Crippen LogP contribution < -0.4 is 5.32 Å². The van der Waals surface area contributed by atoms with Gasteiger partial charge in [0.15, 0.2) is 0 Å². The molecule has 0 saturated carbocycles. The lowest BCUT2D eigenvalue weighted by Gasteiger charge is -2.13. The molecule has 0 unspecified atom stereocenters. The van der Waals surface area contributed by atoms with Crippen molar-refractivity contribution in [1.82, 2.24) is 5.32 Å². The molecule has 1 aromatic carbocycles. The zero-order valence-corrected chi connectivity index (χ0v) is 10.1. The number of amides is 1. The number of ether oxygens (including phenoxy) is 1. The van der Waals surface area contributed by atoms with Gasteiger partial charge in [-0.1, -0.05) is 30.3 Å². The molecule has 17 heavy (non-hydrogen) atoms. The van der Waals surface area contributed by atoms with Crippen LogP contribution in [-0.2, 0) is 11.3 Å². The maximum absolute atomic E-state index is 11.4. The van der Waals surface area contributed by atoms with Crippen LogP contribution in [0.3, 0.4) is 0 Å². The van der Waals surface area contributed by atoms with Crippen LogP contribution in [0.4, 0.5) is 4.79 Å². The first-order valence-electron chi connectivity index (χ1n) is 5.80. The molecule has 0 aromatic heterocycles. The fraction of sp³-hybridized carbons (Fsp3) is 0.462. The van der Waals surface area contributed by atoms with Crippen LogP contribution in [0.25, 0.3) is 0 Å². The molecule has 0 radical (unpaired) electrons. The fourth-order valence-corrected chi connectivity index (χ4v) is 1.44. The first kappa shape index (κ1) is 13.5. The number of aliphatic hydroxyl groups is 1. The van der Waals surface area contributed by atoms with Crippen LogP contribution in [0, 0.1) is 0 Å². The van der Waals surface area contributed by atoms with Crippen molar-refractivity contribution in [2.24, 2.45) is 0 Å². The summed E-state index contributed by atoms with van der Waals surface area (Å²) in [4.78, 5) is 11.4. The van der Waals surface area contributed by atoms with Gasteiger partial charge in [0.05, 0.1) is 0 Å². The average Bonchev–Trinajstić information content (AvgIpc) is 2.35. The summed E-state index contributed by atoms with van der Waals surface area (Å²) in [7, 11) is 0. The van der Waals surface area contributed by atoms with E-state index in [1.165, 1.54) is 0 Å². The van der Waals surface area contributed by atoms with Crippen LogP contribution in [0.2, 0.25) is 0 Å². The summed E-state index contributed by atoms with van der Waals surface area (Å²) in [6.07, 6.45) is 1.01. The van der Waals surface area contributed by atoms with Crippen molar-refractivity contribution in [3.05, 3.63) is 35.9 Å². The fourth-order valence-electron chi connectivity index (χ4n) is 1.44. The highest BCUT2D eigenvalue weighted by Crippen LogP contribution is 2.01. The number of carbonyl (C=O) groups excluding carboxylic acids is 1. The van der Waals surface area contributed by atoms with E-state index in [-0.39, 0.29) is 19.3 Å². The maximum atomic E-state index is 11.4. The lowest BCUT2D eigenvalue weighted by Crippen LogP contribution is -2.33. The van der Waals surface area contributed by atoms with E-state index in [0.717, 1.165) is 12.0 Å². The van der Waals surface area contributed by atoms with E-state index in [4.69, 9.17) is 9.84 Å².